The van der Waals surface area contributed by atoms with Gasteiger partial charge < -0.3 is 30.7 Å². The van der Waals surface area contributed by atoms with Gasteiger partial charge in [-0.3, -0.25) is 0 Å². The van der Waals surface area contributed by atoms with Crippen LogP contribution in [0.2, 0.25) is 0 Å². The number of carbonyl (C=O) groups excluding carboxylic acids is 2. The number of aliphatic carboxylic acids is 1. The highest BCUT2D eigenvalue weighted by molar-refractivity contribution is 5.81. The zero-order valence-electron chi connectivity index (χ0n) is 18.2. The topological polar surface area (TPSA) is 145 Å². The van der Waals surface area contributed by atoms with Gasteiger partial charge in [-0.15, -0.1) is 0 Å². The Labute approximate surface area is 186 Å². The lowest BCUT2D eigenvalue weighted by molar-refractivity contribution is -0.139. The molecule has 0 spiro atoms. The Balaban J connectivity index is 0.00000363. The highest BCUT2D eigenvalue weighted by Gasteiger charge is 2.30. The molecule has 9 nitrogen and oxygen atoms in total. The number of benzene rings is 2. The molecule has 2 aromatic rings. The SMILES string of the molecule is CC(C)(C)OC(=O)NCC(NC(=O)OCC1c2ccccc2-c2ccccc21)C(=O)O.O. The summed E-state index contributed by atoms with van der Waals surface area (Å²) >= 11 is 0. The number of fused-ring (bicyclic) bond motifs is 3. The minimum atomic E-state index is -1.36. The van der Waals surface area contributed by atoms with E-state index in [1.165, 1.54) is 0 Å². The van der Waals surface area contributed by atoms with Crippen LogP contribution < -0.4 is 10.6 Å². The molecule has 2 amide bonds. The molecule has 0 heterocycles. The van der Waals surface area contributed by atoms with Crippen molar-refractivity contribution in [3.8, 4) is 11.1 Å². The molecule has 2 aromatic carbocycles. The van der Waals surface area contributed by atoms with E-state index in [4.69, 9.17) is 9.47 Å². The van der Waals surface area contributed by atoms with Crippen molar-refractivity contribution in [1.29, 1.82) is 0 Å². The molecular formula is C23H28N2O7. The highest BCUT2D eigenvalue weighted by atomic mass is 16.6. The molecule has 0 fully saturated rings. The summed E-state index contributed by atoms with van der Waals surface area (Å²) < 4.78 is 10.4. The van der Waals surface area contributed by atoms with Crippen LogP contribution in [-0.2, 0) is 14.3 Å². The Bertz CT molecular complexity index is 939. The summed E-state index contributed by atoms with van der Waals surface area (Å²) in [6.07, 6.45) is -1.65. The predicted molar refractivity (Wildman–Crippen MR) is 117 cm³/mol. The summed E-state index contributed by atoms with van der Waals surface area (Å²) in [7, 11) is 0. The van der Waals surface area contributed by atoms with E-state index < -0.39 is 29.8 Å². The monoisotopic (exact) mass is 444 g/mol. The molecular weight excluding hydrogens is 416 g/mol. The van der Waals surface area contributed by atoms with Gasteiger partial charge in [-0.1, -0.05) is 48.5 Å². The molecule has 0 aromatic heterocycles. The standard InChI is InChI=1S/C23H26N2O6.H2O/c1-23(2,3)31-21(28)24-12-19(20(26)27)25-22(29)30-13-18-16-10-6-4-8-14(16)15-9-5-7-11-17(15)18;/h4-11,18-19H,12-13H2,1-3H3,(H,24,28)(H,25,29)(H,26,27);1H2. The fourth-order valence-electron chi connectivity index (χ4n) is 3.48. The Morgan fingerprint density at radius 2 is 1.50 bits per heavy atom. The Morgan fingerprint density at radius 3 is 2.00 bits per heavy atom. The third kappa shape index (κ3) is 5.98. The van der Waals surface area contributed by atoms with E-state index in [9.17, 15) is 19.5 Å². The van der Waals surface area contributed by atoms with Gasteiger partial charge in [0.15, 0.2) is 0 Å². The normalized spacial score (nSPS) is 13.1. The summed E-state index contributed by atoms with van der Waals surface area (Å²) in [5.74, 6) is -1.44. The van der Waals surface area contributed by atoms with Crippen molar-refractivity contribution in [2.75, 3.05) is 13.2 Å². The van der Waals surface area contributed by atoms with Crippen molar-refractivity contribution in [2.24, 2.45) is 0 Å². The van der Waals surface area contributed by atoms with Crippen molar-refractivity contribution >= 4 is 18.2 Å². The zero-order valence-corrected chi connectivity index (χ0v) is 18.2. The molecule has 9 heteroatoms. The second-order valence-electron chi connectivity index (χ2n) is 8.24. The minimum absolute atomic E-state index is 0. The number of ether oxygens (including phenoxy) is 2. The van der Waals surface area contributed by atoms with E-state index in [-0.39, 0.29) is 24.5 Å². The zero-order chi connectivity index (χ0) is 22.6. The van der Waals surface area contributed by atoms with E-state index in [2.05, 4.69) is 10.6 Å². The smallest absolute Gasteiger partial charge is 0.407 e. The number of alkyl carbamates (subject to hydrolysis) is 2. The largest absolute Gasteiger partial charge is 0.480 e. The molecule has 5 N–H and O–H groups in total. The molecule has 3 rings (SSSR count). The number of rotatable bonds is 6. The summed E-state index contributed by atoms with van der Waals surface area (Å²) in [5.41, 5.74) is 3.58. The van der Waals surface area contributed by atoms with Crippen molar-refractivity contribution in [3.63, 3.8) is 0 Å². The van der Waals surface area contributed by atoms with Crippen LogP contribution in [0.25, 0.3) is 11.1 Å². The first-order valence-electron chi connectivity index (χ1n) is 9.97. The molecule has 172 valence electrons. The van der Waals surface area contributed by atoms with Gasteiger partial charge in [-0.05, 0) is 43.0 Å². The number of carboxylic acids is 1. The quantitative estimate of drug-likeness (QED) is 0.624. The Morgan fingerprint density at radius 1 is 0.969 bits per heavy atom. The summed E-state index contributed by atoms with van der Waals surface area (Å²) in [4.78, 5) is 35.5. The van der Waals surface area contributed by atoms with Gasteiger partial charge in [0.1, 0.15) is 18.2 Å². The summed E-state index contributed by atoms with van der Waals surface area (Å²) in [5, 5.41) is 14.0. The number of hydrogen-bond donors (Lipinski definition) is 3. The number of hydrogen-bond acceptors (Lipinski definition) is 5. The van der Waals surface area contributed by atoms with Crippen molar-refractivity contribution < 1.29 is 34.4 Å². The van der Waals surface area contributed by atoms with Crippen LogP contribution in [0.1, 0.15) is 37.8 Å². The lowest BCUT2D eigenvalue weighted by Crippen LogP contribution is -2.49. The van der Waals surface area contributed by atoms with Crippen LogP contribution in [-0.4, -0.2) is 53.5 Å². The lowest BCUT2D eigenvalue weighted by atomic mass is 9.98. The van der Waals surface area contributed by atoms with E-state index in [1.54, 1.807) is 20.8 Å². The maximum atomic E-state index is 12.3. The molecule has 0 saturated carbocycles. The third-order valence-corrected chi connectivity index (χ3v) is 4.78. The van der Waals surface area contributed by atoms with E-state index in [0.29, 0.717) is 0 Å². The highest BCUT2D eigenvalue weighted by Crippen LogP contribution is 2.44. The van der Waals surface area contributed by atoms with Gasteiger partial charge in [0.05, 0.1) is 6.54 Å². The van der Waals surface area contributed by atoms with Gasteiger partial charge in [0, 0.05) is 5.92 Å². The Hall–Kier alpha value is -3.59. The predicted octanol–water partition coefficient (Wildman–Crippen LogP) is 2.68. The first kappa shape index (κ1) is 24.7. The summed E-state index contributed by atoms with van der Waals surface area (Å²) in [6.45, 7) is 4.79. The number of carboxylic acid groups (broad SMARTS) is 1. The minimum Gasteiger partial charge on any atom is -0.480 e. The first-order valence-corrected chi connectivity index (χ1v) is 9.97. The number of carbonyl (C=O) groups is 3. The average molecular weight is 444 g/mol. The molecule has 1 aliphatic rings. The maximum absolute atomic E-state index is 12.3. The molecule has 1 atom stereocenters. The first-order chi connectivity index (χ1) is 14.7. The molecule has 0 aliphatic heterocycles. The van der Waals surface area contributed by atoms with E-state index in [0.717, 1.165) is 22.3 Å². The van der Waals surface area contributed by atoms with Crippen LogP contribution in [0.5, 0.6) is 0 Å². The fraction of sp³-hybridized carbons (Fsp3) is 0.348. The van der Waals surface area contributed by atoms with Crippen LogP contribution in [0, 0.1) is 0 Å². The fourth-order valence-corrected chi connectivity index (χ4v) is 3.48. The second-order valence-corrected chi connectivity index (χ2v) is 8.24. The maximum Gasteiger partial charge on any atom is 0.407 e. The Kier molecular flexibility index (Phi) is 7.82. The number of nitrogens with one attached hydrogen (secondary N) is 2. The van der Waals surface area contributed by atoms with Crippen LogP contribution in [0.4, 0.5) is 9.59 Å². The van der Waals surface area contributed by atoms with Gasteiger partial charge in [0.2, 0.25) is 0 Å². The van der Waals surface area contributed by atoms with Crippen molar-refractivity contribution in [2.45, 2.75) is 38.3 Å². The molecule has 1 aliphatic carbocycles. The van der Waals surface area contributed by atoms with Crippen molar-refractivity contribution in [3.05, 3.63) is 59.7 Å². The molecule has 0 radical (unpaired) electrons. The van der Waals surface area contributed by atoms with Gasteiger partial charge in [-0.25, -0.2) is 14.4 Å². The van der Waals surface area contributed by atoms with Gasteiger partial charge in [-0.2, -0.15) is 0 Å². The van der Waals surface area contributed by atoms with Crippen LogP contribution in [0.3, 0.4) is 0 Å². The van der Waals surface area contributed by atoms with Crippen LogP contribution in [0.15, 0.2) is 48.5 Å². The van der Waals surface area contributed by atoms with Gasteiger partial charge >= 0.3 is 18.2 Å². The van der Waals surface area contributed by atoms with E-state index >= 15 is 0 Å². The molecule has 0 bridgehead atoms. The summed E-state index contributed by atoms with van der Waals surface area (Å²) in [6, 6.07) is 14.5. The molecule has 1 unspecified atom stereocenters. The van der Waals surface area contributed by atoms with Gasteiger partial charge in [0.25, 0.3) is 0 Å². The van der Waals surface area contributed by atoms with E-state index in [1.807, 2.05) is 48.5 Å². The number of amides is 2. The van der Waals surface area contributed by atoms with Crippen LogP contribution >= 0.6 is 0 Å². The molecule has 0 saturated heterocycles. The van der Waals surface area contributed by atoms with Crippen molar-refractivity contribution in [1.82, 2.24) is 10.6 Å². The third-order valence-electron chi connectivity index (χ3n) is 4.78. The average Bonchev–Trinajstić information content (AvgIpc) is 3.02. The molecule has 32 heavy (non-hydrogen) atoms. The lowest BCUT2D eigenvalue weighted by Gasteiger charge is -2.21. The second kappa shape index (κ2) is 10.1.